The Bertz CT molecular complexity index is 1240. The molecule has 8 heteroatoms. The van der Waals surface area contributed by atoms with Crippen LogP contribution in [0.4, 0.5) is 27.4 Å². The SMILES string of the molecule is CC1(CO)CNc2c(C#N)cc(-c3ccnc(Nc4ccc5c(c4F)CCN5)n3)cc21. The number of hydrogen-bond donors (Lipinski definition) is 4. The maximum absolute atomic E-state index is 14.8. The number of nitrogens with one attached hydrogen (secondary N) is 3. The van der Waals surface area contributed by atoms with Crippen LogP contribution in [0.5, 0.6) is 0 Å². The van der Waals surface area contributed by atoms with Gasteiger partial charge in [0, 0.05) is 41.5 Å². The van der Waals surface area contributed by atoms with Crippen molar-refractivity contribution in [2.75, 3.05) is 35.6 Å². The zero-order valence-electron chi connectivity index (χ0n) is 17.0. The van der Waals surface area contributed by atoms with E-state index in [2.05, 4.69) is 32.0 Å². The highest BCUT2D eigenvalue weighted by Crippen LogP contribution is 2.41. The highest BCUT2D eigenvalue weighted by Gasteiger charge is 2.36. The van der Waals surface area contributed by atoms with Gasteiger partial charge >= 0.3 is 0 Å². The number of aliphatic hydroxyl groups excluding tert-OH is 1. The summed E-state index contributed by atoms with van der Waals surface area (Å²) in [5.41, 5.74) is 4.80. The Morgan fingerprint density at radius 2 is 2.16 bits per heavy atom. The van der Waals surface area contributed by atoms with Gasteiger partial charge in [-0.25, -0.2) is 14.4 Å². The zero-order valence-corrected chi connectivity index (χ0v) is 17.0. The van der Waals surface area contributed by atoms with Crippen LogP contribution in [0.1, 0.15) is 23.6 Å². The maximum Gasteiger partial charge on any atom is 0.227 e. The van der Waals surface area contributed by atoms with Crippen LogP contribution in [0, 0.1) is 17.1 Å². The monoisotopic (exact) mass is 416 g/mol. The molecule has 1 aromatic heterocycles. The van der Waals surface area contributed by atoms with E-state index in [0.29, 0.717) is 35.5 Å². The molecule has 1 unspecified atom stereocenters. The molecule has 31 heavy (non-hydrogen) atoms. The molecule has 0 fully saturated rings. The average molecular weight is 416 g/mol. The molecule has 2 aromatic carbocycles. The molecule has 5 rings (SSSR count). The number of benzene rings is 2. The third-order valence-electron chi connectivity index (χ3n) is 6.04. The van der Waals surface area contributed by atoms with Gasteiger partial charge in [0.15, 0.2) is 5.82 Å². The molecular weight excluding hydrogens is 395 g/mol. The number of aliphatic hydroxyl groups is 1. The van der Waals surface area contributed by atoms with E-state index in [0.717, 1.165) is 29.0 Å². The van der Waals surface area contributed by atoms with E-state index in [9.17, 15) is 14.8 Å². The molecule has 0 saturated heterocycles. The standard InChI is InChI=1S/C23H21FN6O/c1-23(12-31)11-28-21-14(10-25)8-13(9-16(21)23)17-5-7-27-22(29-17)30-19-3-2-18-15(20(19)24)4-6-26-18/h2-3,5,7-9,26,28,31H,4,6,11-12H2,1H3,(H,27,29,30). The lowest BCUT2D eigenvalue weighted by molar-refractivity contribution is 0.219. The number of fused-ring (bicyclic) bond motifs is 2. The Morgan fingerprint density at radius 1 is 1.29 bits per heavy atom. The predicted molar refractivity (Wildman–Crippen MR) is 117 cm³/mol. The minimum Gasteiger partial charge on any atom is -0.395 e. The van der Waals surface area contributed by atoms with Crippen LogP contribution in [0.25, 0.3) is 11.3 Å². The van der Waals surface area contributed by atoms with Gasteiger partial charge < -0.3 is 21.1 Å². The third-order valence-corrected chi connectivity index (χ3v) is 6.04. The maximum atomic E-state index is 14.8. The van der Waals surface area contributed by atoms with Gasteiger partial charge in [-0.2, -0.15) is 5.26 Å². The summed E-state index contributed by atoms with van der Waals surface area (Å²) in [7, 11) is 0. The Kier molecular flexibility index (Phi) is 4.49. The molecule has 0 aliphatic carbocycles. The number of anilines is 4. The van der Waals surface area contributed by atoms with E-state index in [1.54, 1.807) is 24.4 Å². The minimum atomic E-state index is -0.480. The summed E-state index contributed by atoms with van der Waals surface area (Å²) in [4.78, 5) is 8.78. The normalized spacial score (nSPS) is 18.5. The largest absolute Gasteiger partial charge is 0.395 e. The summed E-state index contributed by atoms with van der Waals surface area (Å²) < 4.78 is 14.8. The fourth-order valence-electron chi connectivity index (χ4n) is 4.21. The van der Waals surface area contributed by atoms with Gasteiger partial charge in [0.25, 0.3) is 0 Å². The molecule has 0 radical (unpaired) electrons. The average Bonchev–Trinajstić information content (AvgIpc) is 3.41. The van der Waals surface area contributed by atoms with Crippen LogP contribution < -0.4 is 16.0 Å². The number of rotatable bonds is 4. The van der Waals surface area contributed by atoms with E-state index in [1.807, 2.05) is 19.1 Å². The van der Waals surface area contributed by atoms with Crippen molar-refractivity contribution in [2.24, 2.45) is 0 Å². The molecule has 0 amide bonds. The lowest BCUT2D eigenvalue weighted by Crippen LogP contribution is -2.28. The number of halogens is 1. The molecule has 0 spiro atoms. The highest BCUT2D eigenvalue weighted by molar-refractivity contribution is 5.76. The lowest BCUT2D eigenvalue weighted by Gasteiger charge is -2.21. The molecule has 0 saturated carbocycles. The molecule has 3 aromatic rings. The van der Waals surface area contributed by atoms with Crippen LogP contribution in [0.2, 0.25) is 0 Å². The first-order valence-electron chi connectivity index (χ1n) is 10.1. The van der Waals surface area contributed by atoms with Crippen molar-refractivity contribution >= 4 is 23.0 Å². The van der Waals surface area contributed by atoms with Gasteiger partial charge in [0.2, 0.25) is 5.95 Å². The molecule has 2 aliphatic heterocycles. The smallest absolute Gasteiger partial charge is 0.227 e. The van der Waals surface area contributed by atoms with Crippen LogP contribution in [0.15, 0.2) is 36.5 Å². The van der Waals surface area contributed by atoms with Crippen LogP contribution in [-0.4, -0.2) is 34.8 Å². The van der Waals surface area contributed by atoms with Crippen molar-refractivity contribution in [2.45, 2.75) is 18.8 Å². The summed E-state index contributed by atoms with van der Waals surface area (Å²) in [6, 6.07) is 11.2. The molecule has 0 bridgehead atoms. The second kappa shape index (κ2) is 7.22. The second-order valence-corrected chi connectivity index (χ2v) is 8.15. The Hall–Kier alpha value is -3.70. The van der Waals surface area contributed by atoms with Crippen molar-refractivity contribution in [1.29, 1.82) is 5.26 Å². The van der Waals surface area contributed by atoms with Gasteiger partial charge in [0.1, 0.15) is 6.07 Å². The Labute approximate surface area is 179 Å². The molecule has 1 atom stereocenters. The summed E-state index contributed by atoms with van der Waals surface area (Å²) in [6.07, 6.45) is 2.24. The highest BCUT2D eigenvalue weighted by atomic mass is 19.1. The van der Waals surface area contributed by atoms with Crippen molar-refractivity contribution in [3.63, 3.8) is 0 Å². The van der Waals surface area contributed by atoms with E-state index in [-0.39, 0.29) is 18.4 Å². The summed E-state index contributed by atoms with van der Waals surface area (Å²) in [5, 5.41) is 28.9. The molecule has 156 valence electrons. The predicted octanol–water partition coefficient (Wildman–Crippen LogP) is 3.54. The number of aromatic nitrogens is 2. The van der Waals surface area contributed by atoms with Crippen LogP contribution in [-0.2, 0) is 11.8 Å². The summed E-state index contributed by atoms with van der Waals surface area (Å²) in [5.74, 6) is -0.0325. The zero-order chi connectivity index (χ0) is 21.6. The van der Waals surface area contributed by atoms with E-state index < -0.39 is 5.41 Å². The molecule has 3 heterocycles. The quantitative estimate of drug-likeness (QED) is 0.515. The number of nitrogens with zero attached hydrogens (tertiary/aromatic N) is 3. The fraction of sp³-hybridized carbons (Fsp3) is 0.261. The first-order chi connectivity index (χ1) is 15.0. The van der Waals surface area contributed by atoms with Crippen LogP contribution >= 0.6 is 0 Å². The van der Waals surface area contributed by atoms with Crippen molar-refractivity contribution in [3.8, 4) is 17.3 Å². The Balaban J connectivity index is 1.52. The Morgan fingerprint density at radius 3 is 2.97 bits per heavy atom. The van der Waals surface area contributed by atoms with Gasteiger partial charge in [0.05, 0.1) is 29.2 Å². The molecule has 4 N–H and O–H groups in total. The van der Waals surface area contributed by atoms with E-state index in [1.165, 1.54) is 0 Å². The molecular formula is C23H21FN6O. The van der Waals surface area contributed by atoms with Crippen molar-refractivity contribution < 1.29 is 9.50 Å². The summed E-state index contributed by atoms with van der Waals surface area (Å²) >= 11 is 0. The fourth-order valence-corrected chi connectivity index (χ4v) is 4.21. The summed E-state index contributed by atoms with van der Waals surface area (Å²) in [6.45, 7) is 3.20. The second-order valence-electron chi connectivity index (χ2n) is 8.15. The molecule has 2 aliphatic rings. The van der Waals surface area contributed by atoms with Gasteiger partial charge in [-0.3, -0.25) is 0 Å². The van der Waals surface area contributed by atoms with Crippen LogP contribution in [0.3, 0.4) is 0 Å². The van der Waals surface area contributed by atoms with Gasteiger partial charge in [-0.1, -0.05) is 6.92 Å². The van der Waals surface area contributed by atoms with Gasteiger partial charge in [-0.05, 0) is 42.3 Å². The van der Waals surface area contributed by atoms with Crippen molar-refractivity contribution in [1.82, 2.24) is 9.97 Å². The lowest BCUT2D eigenvalue weighted by atomic mass is 9.83. The van der Waals surface area contributed by atoms with E-state index in [4.69, 9.17) is 0 Å². The molecule has 7 nitrogen and oxygen atoms in total. The minimum absolute atomic E-state index is 0.0373. The first-order valence-corrected chi connectivity index (χ1v) is 10.1. The number of nitriles is 1. The van der Waals surface area contributed by atoms with Crippen molar-refractivity contribution in [3.05, 3.63) is 59.0 Å². The van der Waals surface area contributed by atoms with Gasteiger partial charge in [-0.15, -0.1) is 0 Å². The first kappa shape index (κ1) is 19.3. The van der Waals surface area contributed by atoms with E-state index >= 15 is 0 Å². The topological polar surface area (TPSA) is 106 Å². The number of hydrogen-bond acceptors (Lipinski definition) is 7. The third kappa shape index (κ3) is 3.14.